The Hall–Kier alpha value is -4.46. The number of carbonyl (C=O) groups is 1. The molecule has 0 saturated carbocycles. The molecule has 1 amide bonds. The molecule has 0 radical (unpaired) electrons. The van der Waals surface area contributed by atoms with Crippen LogP contribution in [0.2, 0.25) is 0 Å². The molecule has 0 aliphatic heterocycles. The summed E-state index contributed by atoms with van der Waals surface area (Å²) in [5.41, 5.74) is 2.07. The number of fused-ring (bicyclic) bond motifs is 1. The van der Waals surface area contributed by atoms with Crippen LogP contribution in [0.15, 0.2) is 72.9 Å². The van der Waals surface area contributed by atoms with E-state index >= 15 is 0 Å². The maximum atomic E-state index is 11.9. The van der Waals surface area contributed by atoms with Crippen LogP contribution in [0, 0.1) is 0 Å². The minimum absolute atomic E-state index is 0.205. The summed E-state index contributed by atoms with van der Waals surface area (Å²) in [7, 11) is 4.73. The van der Waals surface area contributed by atoms with Crippen molar-refractivity contribution < 1.29 is 28.8 Å². The van der Waals surface area contributed by atoms with Crippen LogP contribution in [0.5, 0.6) is 28.7 Å². The summed E-state index contributed by atoms with van der Waals surface area (Å²) in [4.78, 5) is 17.6. The van der Waals surface area contributed by atoms with Crippen LogP contribution in [-0.4, -0.2) is 37.5 Å². The molecule has 1 heterocycles. The van der Waals surface area contributed by atoms with Gasteiger partial charge >= 0.3 is 6.09 Å². The van der Waals surface area contributed by atoms with Crippen molar-refractivity contribution in [1.82, 2.24) is 4.98 Å². The number of hydrogen-bond acceptors (Lipinski definition) is 6. The largest absolute Gasteiger partial charge is 0.497 e. The summed E-state index contributed by atoms with van der Waals surface area (Å²) in [6, 6.07) is 19.5. The van der Waals surface area contributed by atoms with Gasteiger partial charge in [0.05, 0.1) is 33.4 Å². The lowest BCUT2D eigenvalue weighted by atomic mass is 10.1. The minimum atomic E-state index is -1.05. The highest BCUT2D eigenvalue weighted by molar-refractivity contribution is 5.88. The van der Waals surface area contributed by atoms with Crippen LogP contribution in [0.1, 0.15) is 5.56 Å². The smallest absolute Gasteiger partial charge is 0.412 e. The van der Waals surface area contributed by atoms with Gasteiger partial charge < -0.3 is 24.1 Å². The zero-order chi connectivity index (χ0) is 24.1. The number of ether oxygens (including phenoxy) is 4. The Bertz CT molecular complexity index is 1290. The lowest BCUT2D eigenvalue weighted by Crippen LogP contribution is -2.28. The Balaban J connectivity index is 1.57. The molecule has 1 aromatic heterocycles. The van der Waals surface area contributed by atoms with E-state index in [0.717, 1.165) is 10.9 Å². The topological polar surface area (TPSA) is 90.4 Å². The summed E-state index contributed by atoms with van der Waals surface area (Å²) < 4.78 is 22.0. The third kappa shape index (κ3) is 4.80. The number of methoxy groups -OCH3 is 3. The molecule has 4 rings (SSSR count). The first-order valence-electron chi connectivity index (χ1n) is 10.4. The van der Waals surface area contributed by atoms with E-state index in [1.165, 1.54) is 4.90 Å². The van der Waals surface area contributed by atoms with E-state index in [4.69, 9.17) is 18.9 Å². The van der Waals surface area contributed by atoms with E-state index in [1.54, 1.807) is 76.1 Å². The minimum Gasteiger partial charge on any atom is -0.497 e. The number of amides is 1. The van der Waals surface area contributed by atoms with Gasteiger partial charge in [0, 0.05) is 23.3 Å². The summed E-state index contributed by atoms with van der Waals surface area (Å²) in [5.74, 6) is 3.01. The highest BCUT2D eigenvalue weighted by atomic mass is 16.5. The van der Waals surface area contributed by atoms with E-state index in [1.807, 2.05) is 18.2 Å². The van der Waals surface area contributed by atoms with Crippen LogP contribution < -0.4 is 23.8 Å². The lowest BCUT2D eigenvalue weighted by Gasteiger charge is -2.20. The number of hydrogen-bond donors (Lipinski definition) is 1. The third-order valence-corrected chi connectivity index (χ3v) is 5.31. The summed E-state index contributed by atoms with van der Waals surface area (Å²) in [6.45, 7) is 0.205. The number of rotatable bonds is 8. The standard InChI is InChI=1S/C26H24N2O6/c1-31-19-8-4-17(5-9-19)16-28(26(29)30)18-6-10-20(11-7-18)34-23-12-13-27-22-15-25(33-3)24(32-2)14-21(22)23/h4-15H,16H2,1-3H3,(H,29,30). The Kier molecular flexibility index (Phi) is 6.68. The first-order chi connectivity index (χ1) is 16.5. The van der Waals surface area contributed by atoms with Gasteiger partial charge in [-0.2, -0.15) is 0 Å². The predicted octanol–water partition coefficient (Wildman–Crippen LogP) is 5.74. The molecular weight excluding hydrogens is 436 g/mol. The van der Waals surface area contributed by atoms with Crippen molar-refractivity contribution in [3.05, 3.63) is 78.5 Å². The number of anilines is 1. The Morgan fingerprint density at radius 1 is 0.824 bits per heavy atom. The normalized spacial score (nSPS) is 10.6. The Morgan fingerprint density at radius 3 is 2.09 bits per heavy atom. The molecule has 8 heteroatoms. The van der Waals surface area contributed by atoms with E-state index in [-0.39, 0.29) is 6.54 Å². The predicted molar refractivity (Wildman–Crippen MR) is 129 cm³/mol. The molecule has 0 spiro atoms. The monoisotopic (exact) mass is 460 g/mol. The van der Waals surface area contributed by atoms with Crippen molar-refractivity contribution in [2.24, 2.45) is 0 Å². The quantitative estimate of drug-likeness (QED) is 0.359. The molecule has 4 aromatic rings. The van der Waals surface area contributed by atoms with Gasteiger partial charge in [-0.25, -0.2) is 4.79 Å². The molecule has 0 unspecified atom stereocenters. The van der Waals surface area contributed by atoms with Crippen molar-refractivity contribution in [2.45, 2.75) is 6.54 Å². The maximum Gasteiger partial charge on any atom is 0.412 e. The van der Waals surface area contributed by atoms with Gasteiger partial charge in [0.25, 0.3) is 0 Å². The van der Waals surface area contributed by atoms with Crippen molar-refractivity contribution in [3.8, 4) is 28.7 Å². The van der Waals surface area contributed by atoms with Gasteiger partial charge in [0.15, 0.2) is 11.5 Å². The van der Waals surface area contributed by atoms with Crippen molar-refractivity contribution in [1.29, 1.82) is 0 Å². The SMILES string of the molecule is COc1ccc(CN(C(=O)O)c2ccc(Oc3ccnc4cc(OC)c(OC)cc34)cc2)cc1. The fourth-order valence-corrected chi connectivity index (χ4v) is 3.54. The summed E-state index contributed by atoms with van der Waals surface area (Å²) >= 11 is 0. The fourth-order valence-electron chi connectivity index (χ4n) is 3.54. The second kappa shape index (κ2) is 9.99. The molecule has 8 nitrogen and oxygen atoms in total. The molecule has 0 aliphatic rings. The zero-order valence-corrected chi connectivity index (χ0v) is 19.0. The van der Waals surface area contributed by atoms with Gasteiger partial charge in [0.2, 0.25) is 0 Å². The second-order valence-electron chi connectivity index (χ2n) is 7.35. The number of aromatic nitrogens is 1. The van der Waals surface area contributed by atoms with Crippen LogP contribution in [-0.2, 0) is 6.54 Å². The van der Waals surface area contributed by atoms with Gasteiger partial charge in [-0.15, -0.1) is 0 Å². The first kappa shape index (κ1) is 22.7. The molecule has 0 atom stereocenters. The summed E-state index contributed by atoms with van der Waals surface area (Å²) in [6.07, 6.45) is 0.601. The molecular formula is C26H24N2O6. The van der Waals surface area contributed by atoms with E-state index in [0.29, 0.717) is 40.0 Å². The average molecular weight is 460 g/mol. The van der Waals surface area contributed by atoms with Crippen molar-refractivity contribution in [2.75, 3.05) is 26.2 Å². The fraction of sp³-hybridized carbons (Fsp3) is 0.154. The third-order valence-electron chi connectivity index (χ3n) is 5.31. The molecule has 3 aromatic carbocycles. The molecule has 1 N–H and O–H groups in total. The summed E-state index contributed by atoms with van der Waals surface area (Å²) in [5, 5.41) is 10.5. The number of benzene rings is 3. The Labute approximate surface area is 196 Å². The van der Waals surface area contributed by atoms with E-state index in [9.17, 15) is 9.90 Å². The van der Waals surface area contributed by atoms with E-state index in [2.05, 4.69) is 4.98 Å². The first-order valence-corrected chi connectivity index (χ1v) is 10.4. The van der Waals surface area contributed by atoms with Crippen LogP contribution in [0.4, 0.5) is 10.5 Å². The van der Waals surface area contributed by atoms with Gasteiger partial charge in [-0.1, -0.05) is 12.1 Å². The number of carboxylic acid groups (broad SMARTS) is 1. The van der Waals surface area contributed by atoms with Crippen LogP contribution >= 0.6 is 0 Å². The molecule has 0 fully saturated rings. The zero-order valence-electron chi connectivity index (χ0n) is 19.0. The van der Waals surface area contributed by atoms with Gasteiger partial charge in [0.1, 0.15) is 17.2 Å². The maximum absolute atomic E-state index is 11.9. The van der Waals surface area contributed by atoms with Crippen molar-refractivity contribution in [3.63, 3.8) is 0 Å². The molecule has 0 saturated heterocycles. The van der Waals surface area contributed by atoms with Crippen LogP contribution in [0.25, 0.3) is 10.9 Å². The highest BCUT2D eigenvalue weighted by Gasteiger charge is 2.16. The molecule has 34 heavy (non-hydrogen) atoms. The number of pyridine rings is 1. The molecule has 0 bridgehead atoms. The van der Waals surface area contributed by atoms with Gasteiger partial charge in [-0.05, 0) is 54.1 Å². The molecule has 174 valence electrons. The molecule has 0 aliphatic carbocycles. The van der Waals surface area contributed by atoms with Crippen LogP contribution in [0.3, 0.4) is 0 Å². The van der Waals surface area contributed by atoms with E-state index < -0.39 is 6.09 Å². The number of nitrogens with zero attached hydrogens (tertiary/aromatic N) is 2. The Morgan fingerprint density at radius 2 is 1.47 bits per heavy atom. The highest BCUT2D eigenvalue weighted by Crippen LogP contribution is 2.37. The van der Waals surface area contributed by atoms with Crippen molar-refractivity contribution >= 4 is 22.7 Å². The van der Waals surface area contributed by atoms with Gasteiger partial charge in [-0.3, -0.25) is 9.88 Å². The lowest BCUT2D eigenvalue weighted by molar-refractivity contribution is 0.201. The average Bonchev–Trinajstić information content (AvgIpc) is 2.87. The second-order valence-corrected chi connectivity index (χ2v) is 7.35.